The molecule has 15 N–H and O–H groups in total. The number of hydrogen-bond donors (Lipinski definition) is 15. The zero-order valence-electron chi connectivity index (χ0n) is 48.4. The molecule has 0 amide bonds. The number of allylic oxidation sites excluding steroid dienone is 2. The van der Waals surface area contributed by atoms with Gasteiger partial charge in [-0.05, 0) is 103 Å². The van der Waals surface area contributed by atoms with Gasteiger partial charge in [0.1, 0.15) is 97.0 Å². The Balaban J connectivity index is 0.860. The molecular formula is C57H92O26. The van der Waals surface area contributed by atoms with E-state index in [-0.39, 0.29) is 43.1 Å². The number of ether oxygens (including phenoxy) is 10. The summed E-state index contributed by atoms with van der Waals surface area (Å²) in [6.45, 7) is 14.6. The van der Waals surface area contributed by atoms with E-state index >= 15 is 4.79 Å². The van der Waals surface area contributed by atoms with Crippen LogP contribution in [0.2, 0.25) is 0 Å². The number of carbonyl (C=O) groups excluding carboxylic acids is 1. The predicted octanol–water partition coefficient (Wildman–Crippen LogP) is -3.32. The lowest BCUT2D eigenvalue weighted by Gasteiger charge is -2.72. The van der Waals surface area contributed by atoms with E-state index < -0.39 is 212 Å². The van der Waals surface area contributed by atoms with Crippen molar-refractivity contribution in [3.8, 4) is 0 Å². The number of rotatable bonds is 11. The Morgan fingerprint density at radius 2 is 1.12 bits per heavy atom. The highest BCUT2D eigenvalue weighted by atomic mass is 16.8. The number of aliphatic hydroxyl groups is 15. The highest BCUT2D eigenvalue weighted by Gasteiger charge is 2.73. The molecule has 0 spiro atoms. The topological polar surface area (TPSA) is 413 Å². The lowest BCUT2D eigenvalue weighted by molar-refractivity contribution is -0.369. The third-order valence-electron chi connectivity index (χ3n) is 22.3. The first-order valence-corrected chi connectivity index (χ1v) is 29.6. The van der Waals surface area contributed by atoms with Crippen molar-refractivity contribution in [2.24, 2.45) is 50.2 Å². The predicted molar refractivity (Wildman–Crippen MR) is 279 cm³/mol. The first kappa shape index (κ1) is 64.2. The van der Waals surface area contributed by atoms with Crippen LogP contribution in [0.4, 0.5) is 0 Å². The summed E-state index contributed by atoms with van der Waals surface area (Å²) >= 11 is 0. The molecule has 476 valence electrons. The minimum atomic E-state index is -1.90. The second-order valence-corrected chi connectivity index (χ2v) is 28.0. The average molecular weight is 1190 g/mol. The van der Waals surface area contributed by atoms with Crippen LogP contribution in [0.25, 0.3) is 0 Å². The van der Waals surface area contributed by atoms with Crippen molar-refractivity contribution in [3.05, 3.63) is 11.6 Å². The van der Waals surface area contributed by atoms with Gasteiger partial charge in [-0.15, -0.1) is 0 Å². The molecule has 5 saturated heterocycles. The summed E-state index contributed by atoms with van der Waals surface area (Å²) in [5.74, 6) is -1.51. The third-order valence-corrected chi connectivity index (χ3v) is 22.3. The Morgan fingerprint density at radius 3 is 1.78 bits per heavy atom. The van der Waals surface area contributed by atoms with E-state index in [1.807, 2.05) is 13.8 Å². The molecular weight excluding hydrogens is 1100 g/mol. The van der Waals surface area contributed by atoms with Gasteiger partial charge in [0, 0.05) is 0 Å². The number of hydrogen-bond acceptors (Lipinski definition) is 26. The monoisotopic (exact) mass is 1190 g/mol. The molecule has 26 heteroatoms. The van der Waals surface area contributed by atoms with E-state index in [2.05, 4.69) is 40.7 Å². The van der Waals surface area contributed by atoms with Crippen molar-refractivity contribution in [3.63, 3.8) is 0 Å². The van der Waals surface area contributed by atoms with E-state index in [4.69, 9.17) is 47.4 Å². The molecule has 32 atom stereocenters. The minimum absolute atomic E-state index is 0.0661. The fraction of sp³-hybridized carbons (Fsp3) is 0.947. The summed E-state index contributed by atoms with van der Waals surface area (Å²) in [6.07, 6.45) is -32.3. The third kappa shape index (κ3) is 10.7. The van der Waals surface area contributed by atoms with Crippen molar-refractivity contribution in [1.29, 1.82) is 0 Å². The number of esters is 1. The molecule has 5 aliphatic heterocycles. The molecule has 0 unspecified atom stereocenters. The molecule has 0 radical (unpaired) electrons. The highest BCUT2D eigenvalue weighted by molar-refractivity contribution is 5.80. The first-order chi connectivity index (χ1) is 38.7. The van der Waals surface area contributed by atoms with E-state index in [1.54, 1.807) is 0 Å². The fourth-order valence-electron chi connectivity index (χ4n) is 17.3. The van der Waals surface area contributed by atoms with E-state index in [0.717, 1.165) is 5.57 Å². The van der Waals surface area contributed by atoms with Crippen LogP contribution >= 0.6 is 0 Å². The molecule has 0 aromatic carbocycles. The van der Waals surface area contributed by atoms with Crippen molar-refractivity contribution < 1.29 is 129 Å². The number of fused-ring (bicyclic) bond motifs is 7. The van der Waals surface area contributed by atoms with Gasteiger partial charge in [-0.3, -0.25) is 4.79 Å². The van der Waals surface area contributed by atoms with Crippen LogP contribution in [-0.2, 0) is 52.2 Å². The molecule has 10 rings (SSSR count). The van der Waals surface area contributed by atoms with E-state index in [9.17, 15) is 76.6 Å². The van der Waals surface area contributed by atoms with Gasteiger partial charge in [0.15, 0.2) is 31.3 Å². The summed E-state index contributed by atoms with van der Waals surface area (Å²) in [4.78, 5) is 15.4. The van der Waals surface area contributed by atoms with Crippen LogP contribution in [-0.4, -0.2) is 263 Å². The second-order valence-electron chi connectivity index (χ2n) is 28.0. The van der Waals surface area contributed by atoms with Crippen LogP contribution in [0, 0.1) is 50.2 Å². The average Bonchev–Trinajstić information content (AvgIpc) is 2.21. The maximum absolute atomic E-state index is 15.4. The van der Waals surface area contributed by atoms with Crippen LogP contribution in [0.5, 0.6) is 0 Å². The summed E-state index contributed by atoms with van der Waals surface area (Å²) in [6, 6.07) is 0. The Morgan fingerprint density at radius 1 is 0.554 bits per heavy atom. The summed E-state index contributed by atoms with van der Waals surface area (Å²) < 4.78 is 58.7. The van der Waals surface area contributed by atoms with Gasteiger partial charge in [-0.1, -0.05) is 60.1 Å². The maximum Gasteiger partial charge on any atom is 0.317 e. The molecule has 0 aromatic rings. The van der Waals surface area contributed by atoms with Crippen LogP contribution in [0.3, 0.4) is 0 Å². The Hall–Kier alpha value is -1.75. The number of carbonyl (C=O) groups is 1. The molecule has 5 aliphatic carbocycles. The van der Waals surface area contributed by atoms with Gasteiger partial charge >= 0.3 is 5.97 Å². The Kier molecular flexibility index (Phi) is 18.0. The van der Waals surface area contributed by atoms with Gasteiger partial charge in [0.25, 0.3) is 0 Å². The fourth-order valence-corrected chi connectivity index (χ4v) is 17.3. The van der Waals surface area contributed by atoms with Crippen molar-refractivity contribution in [1.82, 2.24) is 0 Å². The lowest BCUT2D eigenvalue weighted by Crippen LogP contribution is -2.70. The molecule has 9 fully saturated rings. The normalized spacial score (nSPS) is 55.1. The molecule has 83 heavy (non-hydrogen) atoms. The molecule has 0 aromatic heterocycles. The molecule has 5 heterocycles. The van der Waals surface area contributed by atoms with Crippen LogP contribution in [0.15, 0.2) is 11.6 Å². The van der Waals surface area contributed by atoms with Crippen molar-refractivity contribution >= 4 is 5.97 Å². The van der Waals surface area contributed by atoms with Crippen molar-refractivity contribution in [2.45, 2.75) is 260 Å². The van der Waals surface area contributed by atoms with Gasteiger partial charge in [0.2, 0.25) is 6.29 Å². The summed E-state index contributed by atoms with van der Waals surface area (Å²) in [5.41, 5.74) is -3.32. The lowest BCUT2D eigenvalue weighted by atomic mass is 9.33. The standard InChI is InChI=1S/C57H92O26/c1-22-43(80-47-40(70)34(64)27(60)19-75-47)38(68)42(72)48(78-22)81-44-35(65)28(61)20-76-50(44)83-51(73)57-14-13-52(2,3)15-24(57)23-9-10-31-54(6)16-25(58)45(53(4,5)30(54)11-12-55(31,7)56(23,8)17-32(57)62)82-49-41(71)37(67)36(66)29(79-49)21-77-46-39(69)33(63)26(59)18-74-46/h9,22,24-50,58-72H,10-21H2,1-8H3/t22-,24-,25-,26-,27+,28+,29+,30-,31+,32+,33-,34-,35-,36+,37-,38-,39+,40+,41+,42+,43-,44+,45-,46-,47-,48-,49-,50-,54-,55+,56+,57+/m0/s1. The molecule has 10 aliphatic rings. The minimum Gasteiger partial charge on any atom is -0.432 e. The Bertz CT molecular complexity index is 2330. The zero-order chi connectivity index (χ0) is 60.6. The summed E-state index contributed by atoms with van der Waals surface area (Å²) in [5, 5.41) is 165. The first-order valence-electron chi connectivity index (χ1n) is 29.6. The number of aliphatic hydroxyl groups excluding tert-OH is 15. The SMILES string of the molecule is C[C@@H]1O[C@@H](O[C@H]2[C@H](OC(=O)[C@]34CCC(C)(C)C[C@H]3C3=CC[C@@H]5[C@@]6(C)C[C@H](O)[C@H](O[C@@H]7O[C@H](CO[C@@H]8OC[C@H](O)[C@H](O)[C@H]8O)[C@@H](O)[C@H](O)[C@H]7O)C(C)(C)[C@@H]6CC[C@@]5(C)[C@]3(C)C[C@H]4O)OC[C@@H](O)[C@@H]2O)[C@H](O)[C@H](O)[C@H]1O[C@@H]1OC[C@@H](O)[C@H](O)[C@H]1O. The molecule has 26 nitrogen and oxygen atoms in total. The largest absolute Gasteiger partial charge is 0.432 e. The second kappa shape index (κ2) is 23.2. The quantitative estimate of drug-likeness (QED) is 0.0547. The van der Waals surface area contributed by atoms with Gasteiger partial charge < -0.3 is 124 Å². The highest BCUT2D eigenvalue weighted by Crippen LogP contribution is 2.76. The van der Waals surface area contributed by atoms with Crippen LogP contribution < -0.4 is 0 Å². The Labute approximate surface area is 482 Å². The molecule has 0 bridgehead atoms. The summed E-state index contributed by atoms with van der Waals surface area (Å²) in [7, 11) is 0. The van der Waals surface area contributed by atoms with E-state index in [0.29, 0.717) is 32.1 Å². The zero-order valence-corrected chi connectivity index (χ0v) is 48.4. The van der Waals surface area contributed by atoms with Gasteiger partial charge in [-0.25, -0.2) is 0 Å². The van der Waals surface area contributed by atoms with E-state index in [1.165, 1.54) is 6.92 Å². The maximum atomic E-state index is 15.4. The molecule has 4 saturated carbocycles. The smallest absolute Gasteiger partial charge is 0.317 e. The van der Waals surface area contributed by atoms with Gasteiger partial charge in [-0.2, -0.15) is 0 Å². The van der Waals surface area contributed by atoms with Crippen LogP contribution in [0.1, 0.15) is 107 Å². The van der Waals surface area contributed by atoms with Crippen molar-refractivity contribution in [2.75, 3.05) is 26.4 Å². The van der Waals surface area contributed by atoms with Gasteiger partial charge in [0.05, 0.1) is 50.8 Å².